The lowest BCUT2D eigenvalue weighted by Gasteiger charge is -2.30. The van der Waals surface area contributed by atoms with Crippen LogP contribution in [0.3, 0.4) is 0 Å². The van der Waals surface area contributed by atoms with E-state index >= 15 is 0 Å². The molecule has 0 aliphatic rings. The third-order valence-electron chi connectivity index (χ3n) is 5.66. The third-order valence-corrected chi connectivity index (χ3v) is 7.23. The van der Waals surface area contributed by atoms with E-state index in [2.05, 4.69) is 5.32 Å². The van der Waals surface area contributed by atoms with Crippen molar-refractivity contribution in [2.45, 2.75) is 58.7 Å². The summed E-state index contributed by atoms with van der Waals surface area (Å²) in [6, 6.07) is 15.3. The van der Waals surface area contributed by atoms with Crippen molar-refractivity contribution in [1.82, 2.24) is 10.2 Å². The number of anilines is 1. The summed E-state index contributed by atoms with van der Waals surface area (Å²) in [5.41, 5.74) is 1.29. The average Bonchev–Trinajstić information content (AvgIpc) is 2.80. The standard InChI is InChI=1S/C25H34ClN3O4S/c1-5-19(2)27-25(31)20(3)28(18-21-12-9-10-15-23(21)26)24(30)16-11-17-29(34(4,32)33)22-13-7-6-8-14-22/h6-10,12-15,19-20H,5,11,16-18H2,1-4H3,(H,27,31)/t19-,20+/m0/s1. The minimum Gasteiger partial charge on any atom is -0.352 e. The smallest absolute Gasteiger partial charge is 0.242 e. The van der Waals surface area contributed by atoms with E-state index in [1.165, 1.54) is 9.21 Å². The van der Waals surface area contributed by atoms with Crippen LogP contribution in [0.15, 0.2) is 54.6 Å². The van der Waals surface area contributed by atoms with Gasteiger partial charge in [0.15, 0.2) is 0 Å². The molecule has 2 atom stereocenters. The highest BCUT2D eigenvalue weighted by atomic mass is 35.5. The van der Waals surface area contributed by atoms with E-state index in [1.54, 1.807) is 43.3 Å². The van der Waals surface area contributed by atoms with Gasteiger partial charge in [0, 0.05) is 30.6 Å². The number of nitrogens with one attached hydrogen (secondary N) is 1. The Morgan fingerprint density at radius 2 is 1.65 bits per heavy atom. The van der Waals surface area contributed by atoms with Gasteiger partial charge in [-0.1, -0.05) is 54.9 Å². The summed E-state index contributed by atoms with van der Waals surface area (Å²) in [6.07, 6.45) is 2.31. The largest absolute Gasteiger partial charge is 0.352 e. The van der Waals surface area contributed by atoms with Crippen molar-refractivity contribution in [3.63, 3.8) is 0 Å². The summed E-state index contributed by atoms with van der Waals surface area (Å²) in [5.74, 6) is -0.481. The number of nitrogens with zero attached hydrogens (tertiary/aromatic N) is 2. The van der Waals surface area contributed by atoms with Gasteiger partial charge in [0.1, 0.15) is 6.04 Å². The Morgan fingerprint density at radius 1 is 1.03 bits per heavy atom. The van der Waals surface area contributed by atoms with E-state index < -0.39 is 16.1 Å². The molecule has 0 aliphatic carbocycles. The van der Waals surface area contributed by atoms with Crippen LogP contribution in [0.1, 0.15) is 45.6 Å². The third kappa shape index (κ3) is 8.02. The second-order valence-corrected chi connectivity index (χ2v) is 10.7. The fourth-order valence-corrected chi connectivity index (χ4v) is 4.62. The molecule has 0 aromatic heterocycles. The number of sulfonamides is 1. The van der Waals surface area contributed by atoms with Crippen LogP contribution in [0, 0.1) is 0 Å². The van der Waals surface area contributed by atoms with Gasteiger partial charge >= 0.3 is 0 Å². The minimum atomic E-state index is -3.51. The van der Waals surface area contributed by atoms with Crippen LogP contribution in [0.25, 0.3) is 0 Å². The molecule has 186 valence electrons. The van der Waals surface area contributed by atoms with Crippen LogP contribution >= 0.6 is 11.6 Å². The summed E-state index contributed by atoms with van der Waals surface area (Å²) in [7, 11) is -3.51. The summed E-state index contributed by atoms with van der Waals surface area (Å²) in [4.78, 5) is 27.6. The molecular weight excluding hydrogens is 474 g/mol. The van der Waals surface area contributed by atoms with Crippen molar-refractivity contribution in [2.24, 2.45) is 0 Å². The van der Waals surface area contributed by atoms with Crippen LogP contribution in [-0.2, 0) is 26.2 Å². The zero-order valence-corrected chi connectivity index (χ0v) is 21.8. The Labute approximate surface area is 208 Å². The quantitative estimate of drug-likeness (QED) is 0.466. The second-order valence-electron chi connectivity index (χ2n) is 8.38. The van der Waals surface area contributed by atoms with Crippen LogP contribution in [0.5, 0.6) is 0 Å². The SMILES string of the molecule is CC[C@H](C)NC(=O)[C@@H](C)N(Cc1ccccc1Cl)C(=O)CCCN(c1ccccc1)S(C)(=O)=O. The first-order valence-electron chi connectivity index (χ1n) is 11.4. The maximum atomic E-state index is 13.3. The van der Waals surface area contributed by atoms with Crippen molar-refractivity contribution in [2.75, 3.05) is 17.1 Å². The molecule has 34 heavy (non-hydrogen) atoms. The molecule has 0 bridgehead atoms. The zero-order valence-electron chi connectivity index (χ0n) is 20.2. The number of carbonyl (C=O) groups is 2. The normalized spacial score (nSPS) is 13.1. The Kier molecular flexibility index (Phi) is 10.4. The van der Waals surface area contributed by atoms with Crippen molar-refractivity contribution >= 4 is 39.1 Å². The van der Waals surface area contributed by atoms with Crippen LogP contribution in [0.2, 0.25) is 5.02 Å². The van der Waals surface area contributed by atoms with Gasteiger partial charge in [0.25, 0.3) is 0 Å². The monoisotopic (exact) mass is 507 g/mol. The number of amides is 2. The Bertz CT molecular complexity index is 1060. The maximum Gasteiger partial charge on any atom is 0.242 e. The van der Waals surface area contributed by atoms with Gasteiger partial charge in [-0.3, -0.25) is 13.9 Å². The van der Waals surface area contributed by atoms with E-state index in [1.807, 2.05) is 32.0 Å². The molecule has 2 rings (SSSR count). The Balaban J connectivity index is 2.16. The summed E-state index contributed by atoms with van der Waals surface area (Å²) < 4.78 is 25.9. The Hall–Kier alpha value is -2.58. The van der Waals surface area contributed by atoms with E-state index in [0.717, 1.165) is 18.2 Å². The van der Waals surface area contributed by atoms with Crippen LogP contribution in [-0.4, -0.2) is 50.0 Å². The van der Waals surface area contributed by atoms with Crippen LogP contribution in [0.4, 0.5) is 5.69 Å². The first-order chi connectivity index (χ1) is 16.0. The van der Waals surface area contributed by atoms with Crippen molar-refractivity contribution in [3.8, 4) is 0 Å². The fourth-order valence-electron chi connectivity index (χ4n) is 3.46. The second kappa shape index (κ2) is 12.8. The first kappa shape index (κ1) is 27.7. The van der Waals surface area contributed by atoms with Gasteiger partial charge in [-0.2, -0.15) is 0 Å². The molecule has 2 aromatic carbocycles. The molecule has 0 fully saturated rings. The average molecular weight is 508 g/mol. The van der Waals surface area contributed by atoms with Crippen molar-refractivity contribution in [1.29, 1.82) is 0 Å². The molecule has 0 unspecified atom stereocenters. The number of benzene rings is 2. The van der Waals surface area contributed by atoms with E-state index in [-0.39, 0.29) is 37.4 Å². The minimum absolute atomic E-state index is 0.0126. The van der Waals surface area contributed by atoms with E-state index in [0.29, 0.717) is 17.1 Å². The van der Waals surface area contributed by atoms with Gasteiger partial charge in [-0.25, -0.2) is 8.42 Å². The highest BCUT2D eigenvalue weighted by Gasteiger charge is 2.27. The predicted molar refractivity (Wildman–Crippen MR) is 137 cm³/mol. The number of halogens is 1. The van der Waals surface area contributed by atoms with Gasteiger partial charge < -0.3 is 10.2 Å². The molecule has 0 radical (unpaired) electrons. The number of para-hydroxylation sites is 1. The molecule has 0 aliphatic heterocycles. The highest BCUT2D eigenvalue weighted by molar-refractivity contribution is 7.92. The van der Waals surface area contributed by atoms with Gasteiger partial charge in [-0.05, 0) is 50.5 Å². The number of hydrogen-bond acceptors (Lipinski definition) is 4. The lowest BCUT2D eigenvalue weighted by Crippen LogP contribution is -2.49. The molecular formula is C25H34ClN3O4S. The molecule has 2 aromatic rings. The highest BCUT2D eigenvalue weighted by Crippen LogP contribution is 2.21. The van der Waals surface area contributed by atoms with E-state index in [9.17, 15) is 18.0 Å². The first-order valence-corrected chi connectivity index (χ1v) is 13.6. The molecule has 2 amide bonds. The topological polar surface area (TPSA) is 86.8 Å². The van der Waals surface area contributed by atoms with Crippen molar-refractivity contribution < 1.29 is 18.0 Å². The molecule has 0 spiro atoms. The molecule has 9 heteroatoms. The van der Waals surface area contributed by atoms with Crippen molar-refractivity contribution in [3.05, 3.63) is 65.2 Å². The number of rotatable bonds is 12. The zero-order chi connectivity index (χ0) is 25.3. The van der Waals surface area contributed by atoms with Gasteiger partial charge in [0.05, 0.1) is 11.9 Å². The van der Waals surface area contributed by atoms with Gasteiger partial charge in [0.2, 0.25) is 21.8 Å². The molecule has 1 N–H and O–H groups in total. The lowest BCUT2D eigenvalue weighted by atomic mass is 10.1. The number of carbonyl (C=O) groups excluding carboxylic acids is 2. The summed E-state index contributed by atoms with van der Waals surface area (Å²) in [6.45, 7) is 5.92. The summed E-state index contributed by atoms with van der Waals surface area (Å²) >= 11 is 6.32. The molecule has 0 saturated carbocycles. The Morgan fingerprint density at radius 3 is 2.24 bits per heavy atom. The van der Waals surface area contributed by atoms with Gasteiger partial charge in [-0.15, -0.1) is 0 Å². The maximum absolute atomic E-state index is 13.3. The number of hydrogen-bond donors (Lipinski definition) is 1. The molecule has 7 nitrogen and oxygen atoms in total. The van der Waals surface area contributed by atoms with Crippen LogP contribution < -0.4 is 9.62 Å². The summed E-state index contributed by atoms with van der Waals surface area (Å²) in [5, 5.41) is 3.44. The van der Waals surface area contributed by atoms with E-state index in [4.69, 9.17) is 11.6 Å². The molecule has 0 heterocycles. The lowest BCUT2D eigenvalue weighted by molar-refractivity contribution is -0.140. The fraction of sp³-hybridized carbons (Fsp3) is 0.440. The molecule has 0 saturated heterocycles. The predicted octanol–water partition coefficient (Wildman–Crippen LogP) is 4.22.